The molecule has 0 unspecified atom stereocenters. The number of morpholine rings is 1. The monoisotopic (exact) mass is 649 g/mol. The molecule has 0 amide bonds. The van der Waals surface area contributed by atoms with Crippen molar-refractivity contribution in [3.63, 3.8) is 0 Å². The number of carbonyl (C=O) groups excluding carboxylic acids is 2. The number of aromatic amines is 1. The number of fused-ring (bicyclic) bond motifs is 1. The van der Waals surface area contributed by atoms with Crippen molar-refractivity contribution < 1.29 is 19.1 Å². The molecule has 5 aromatic rings. The van der Waals surface area contributed by atoms with Gasteiger partial charge in [-0.25, -0.2) is 4.98 Å². The molecule has 0 radical (unpaired) electrons. The van der Waals surface area contributed by atoms with Gasteiger partial charge in [-0.2, -0.15) is 0 Å². The van der Waals surface area contributed by atoms with Crippen LogP contribution in [0.2, 0.25) is 5.02 Å². The zero-order chi connectivity index (χ0) is 32.8. The lowest BCUT2D eigenvalue weighted by Gasteiger charge is -2.29. The molecule has 2 N–H and O–H groups in total. The SMILES string of the molecule is COC(=O)C[C@H](C(=O)Cc1ccccc1CC[C@@H]1CN[C@H](c2nc3c(C)cc(Cl)cc3[nH]2)CO1)C(c1ccccc1)c1ccccc1. The van der Waals surface area contributed by atoms with Gasteiger partial charge in [0.25, 0.3) is 0 Å². The fourth-order valence-electron chi connectivity index (χ4n) is 6.68. The van der Waals surface area contributed by atoms with E-state index in [9.17, 15) is 9.59 Å². The van der Waals surface area contributed by atoms with Gasteiger partial charge in [-0.15, -0.1) is 0 Å². The normalized spacial score (nSPS) is 17.1. The summed E-state index contributed by atoms with van der Waals surface area (Å²) in [5, 5.41) is 4.28. The second kappa shape index (κ2) is 15.1. The number of halogens is 1. The van der Waals surface area contributed by atoms with Gasteiger partial charge in [-0.3, -0.25) is 9.59 Å². The average Bonchev–Trinajstić information content (AvgIpc) is 3.53. The van der Waals surface area contributed by atoms with Crippen molar-refractivity contribution in [3.05, 3.63) is 136 Å². The van der Waals surface area contributed by atoms with Crippen molar-refractivity contribution in [3.8, 4) is 0 Å². The van der Waals surface area contributed by atoms with Gasteiger partial charge in [0.2, 0.25) is 0 Å². The van der Waals surface area contributed by atoms with E-state index in [2.05, 4.69) is 16.4 Å². The van der Waals surface area contributed by atoms with Crippen LogP contribution < -0.4 is 5.32 Å². The van der Waals surface area contributed by atoms with Gasteiger partial charge < -0.3 is 19.8 Å². The Morgan fingerprint density at radius 1 is 0.957 bits per heavy atom. The molecule has 7 nitrogen and oxygen atoms in total. The molecule has 1 aliphatic heterocycles. The summed E-state index contributed by atoms with van der Waals surface area (Å²) in [6.07, 6.45) is 1.85. The molecule has 0 aliphatic carbocycles. The summed E-state index contributed by atoms with van der Waals surface area (Å²) in [4.78, 5) is 35.1. The number of rotatable bonds is 12. The minimum Gasteiger partial charge on any atom is -0.469 e. The summed E-state index contributed by atoms with van der Waals surface area (Å²) in [6, 6.07) is 31.8. The van der Waals surface area contributed by atoms with Crippen molar-refractivity contribution in [1.82, 2.24) is 15.3 Å². The highest BCUT2D eigenvalue weighted by Gasteiger charge is 2.33. The molecular weight excluding hydrogens is 610 g/mol. The van der Waals surface area contributed by atoms with E-state index in [1.165, 1.54) is 7.11 Å². The van der Waals surface area contributed by atoms with Crippen molar-refractivity contribution in [2.24, 2.45) is 5.92 Å². The lowest BCUT2D eigenvalue weighted by Crippen LogP contribution is -2.41. The third-order valence-electron chi connectivity index (χ3n) is 9.15. The summed E-state index contributed by atoms with van der Waals surface area (Å²) < 4.78 is 11.4. The Balaban J connectivity index is 1.14. The molecule has 0 spiro atoms. The molecule has 1 saturated heterocycles. The number of esters is 1. The van der Waals surface area contributed by atoms with Gasteiger partial charge >= 0.3 is 5.97 Å². The molecule has 47 heavy (non-hydrogen) atoms. The highest BCUT2D eigenvalue weighted by molar-refractivity contribution is 6.31. The molecule has 4 aromatic carbocycles. The van der Waals surface area contributed by atoms with Crippen molar-refractivity contribution >= 4 is 34.4 Å². The van der Waals surface area contributed by atoms with Crippen molar-refractivity contribution in [2.75, 3.05) is 20.3 Å². The van der Waals surface area contributed by atoms with E-state index in [4.69, 9.17) is 26.1 Å². The number of imidazole rings is 1. The molecule has 1 aromatic heterocycles. The third kappa shape index (κ3) is 7.82. The smallest absolute Gasteiger partial charge is 0.306 e. The first-order valence-electron chi connectivity index (χ1n) is 16.2. The molecular formula is C39H40ClN3O4. The zero-order valence-corrected chi connectivity index (χ0v) is 27.5. The topological polar surface area (TPSA) is 93.3 Å². The first-order chi connectivity index (χ1) is 22.9. The Labute approximate surface area is 280 Å². The van der Waals surface area contributed by atoms with E-state index in [1.807, 2.05) is 97.9 Å². The van der Waals surface area contributed by atoms with Gasteiger partial charge in [0, 0.05) is 29.8 Å². The number of benzene rings is 4. The molecule has 8 heteroatoms. The van der Waals surface area contributed by atoms with Crippen molar-refractivity contribution in [1.29, 1.82) is 0 Å². The Hall–Kier alpha value is -4.30. The summed E-state index contributed by atoms with van der Waals surface area (Å²) >= 11 is 6.24. The predicted molar refractivity (Wildman–Crippen MR) is 185 cm³/mol. The van der Waals surface area contributed by atoms with Crippen LogP contribution in [-0.4, -0.2) is 48.1 Å². The lowest BCUT2D eigenvalue weighted by atomic mass is 9.75. The third-order valence-corrected chi connectivity index (χ3v) is 9.37. The molecule has 3 atom stereocenters. The number of ketones is 1. The Morgan fingerprint density at radius 3 is 2.26 bits per heavy atom. The molecule has 1 aliphatic rings. The summed E-state index contributed by atoms with van der Waals surface area (Å²) in [5.74, 6) is -0.394. The van der Waals surface area contributed by atoms with E-state index in [0.717, 1.165) is 57.5 Å². The van der Waals surface area contributed by atoms with Crippen LogP contribution in [0, 0.1) is 12.8 Å². The average molecular weight is 650 g/mol. The van der Waals surface area contributed by atoms with E-state index in [1.54, 1.807) is 0 Å². The minimum absolute atomic E-state index is 0.00649. The number of aromatic nitrogens is 2. The first kappa shape index (κ1) is 32.6. The Morgan fingerprint density at radius 2 is 1.62 bits per heavy atom. The standard InChI is InChI=1S/C39H40ClN3O4/c1-25-19-30(40)21-33-38(25)43-39(42-33)34-24-47-31(23-41-34)18-17-26-11-9-10-16-29(26)20-35(44)32(22-36(45)46-2)37(27-12-5-3-6-13-27)28-14-7-4-8-15-28/h3-16,19,21,31-32,34,37,41H,17-18,20,22-24H2,1-2H3,(H,42,43)/t31-,32-,34+/m1/s1. The number of hydrogen-bond donors (Lipinski definition) is 2. The van der Waals surface area contributed by atoms with Gasteiger partial charge in [0.05, 0.1) is 43.3 Å². The quantitative estimate of drug-likeness (QED) is 0.138. The number of carbonyl (C=O) groups is 2. The first-order valence-corrected chi connectivity index (χ1v) is 16.5. The van der Waals surface area contributed by atoms with Gasteiger partial charge in [0.1, 0.15) is 11.6 Å². The lowest BCUT2D eigenvalue weighted by molar-refractivity contribution is -0.144. The van der Waals surface area contributed by atoms with E-state index >= 15 is 0 Å². The largest absolute Gasteiger partial charge is 0.469 e. The van der Waals surface area contributed by atoms with E-state index in [-0.39, 0.29) is 36.7 Å². The summed E-state index contributed by atoms with van der Waals surface area (Å²) in [6.45, 7) is 3.21. The zero-order valence-electron chi connectivity index (χ0n) is 26.7. The summed E-state index contributed by atoms with van der Waals surface area (Å²) in [7, 11) is 1.37. The van der Waals surface area contributed by atoms with Crippen LogP contribution in [0.1, 0.15) is 58.4 Å². The number of methoxy groups -OCH3 is 1. The molecule has 1 fully saturated rings. The molecule has 0 bridgehead atoms. The number of aryl methyl sites for hydroxylation is 2. The molecule has 0 saturated carbocycles. The van der Waals surface area contributed by atoms with Crippen molar-refractivity contribution in [2.45, 2.75) is 50.7 Å². The van der Waals surface area contributed by atoms with E-state index in [0.29, 0.717) is 18.2 Å². The summed E-state index contributed by atoms with van der Waals surface area (Å²) in [5.41, 5.74) is 6.97. The number of Topliss-reactive ketones (excluding diaryl/α,β-unsaturated/α-hetero) is 1. The second-order valence-corrected chi connectivity index (χ2v) is 12.7. The van der Waals surface area contributed by atoms with Crippen LogP contribution in [0.5, 0.6) is 0 Å². The van der Waals surface area contributed by atoms with Crippen LogP contribution >= 0.6 is 11.6 Å². The van der Waals surface area contributed by atoms with Crippen LogP contribution in [0.4, 0.5) is 0 Å². The maximum atomic E-state index is 14.2. The van der Waals surface area contributed by atoms with Crippen LogP contribution in [-0.2, 0) is 31.9 Å². The van der Waals surface area contributed by atoms with Crippen LogP contribution in [0.15, 0.2) is 97.1 Å². The number of ether oxygens (including phenoxy) is 2. The number of nitrogens with zero attached hydrogens (tertiary/aromatic N) is 1. The van der Waals surface area contributed by atoms with Gasteiger partial charge in [0.15, 0.2) is 0 Å². The second-order valence-electron chi connectivity index (χ2n) is 12.3. The van der Waals surface area contributed by atoms with Gasteiger partial charge in [-0.05, 0) is 59.7 Å². The highest BCUT2D eigenvalue weighted by atomic mass is 35.5. The Kier molecular flexibility index (Phi) is 10.5. The number of hydrogen-bond acceptors (Lipinski definition) is 6. The highest BCUT2D eigenvalue weighted by Crippen LogP contribution is 2.36. The molecule has 242 valence electrons. The van der Waals surface area contributed by atoms with Crippen LogP contribution in [0.25, 0.3) is 11.0 Å². The maximum Gasteiger partial charge on any atom is 0.306 e. The van der Waals surface area contributed by atoms with E-state index < -0.39 is 11.9 Å². The fourth-order valence-corrected chi connectivity index (χ4v) is 6.96. The Bertz CT molecular complexity index is 1780. The van der Waals surface area contributed by atoms with Gasteiger partial charge in [-0.1, -0.05) is 96.5 Å². The predicted octanol–water partition coefficient (Wildman–Crippen LogP) is 7.31. The maximum absolute atomic E-state index is 14.2. The molecule has 2 heterocycles. The number of H-pyrrole nitrogens is 1. The minimum atomic E-state index is -0.582. The van der Waals surface area contributed by atoms with Crippen LogP contribution in [0.3, 0.4) is 0 Å². The molecule has 6 rings (SSSR count). The number of nitrogens with one attached hydrogen (secondary N) is 2. The fraction of sp³-hybridized carbons (Fsp3) is 0.308.